The minimum atomic E-state index is -0.162. The van der Waals surface area contributed by atoms with Crippen LogP contribution in [0.4, 0.5) is 0 Å². The molecular weight excluding hydrogens is 198 g/mol. The van der Waals surface area contributed by atoms with Crippen LogP contribution in [0.25, 0.3) is 0 Å². The number of nitrogens with zero attached hydrogens (tertiary/aromatic N) is 2. The zero-order valence-corrected chi connectivity index (χ0v) is 11.2. The van der Waals surface area contributed by atoms with Crippen LogP contribution in [0.1, 0.15) is 52.8 Å². The van der Waals surface area contributed by atoms with Crippen molar-refractivity contribution in [3.63, 3.8) is 0 Å². The molecule has 0 saturated carbocycles. The fraction of sp³-hybridized carbons (Fsp3) is 0.769. The Morgan fingerprint density at radius 2 is 2.06 bits per heavy atom. The van der Waals surface area contributed by atoms with Crippen molar-refractivity contribution in [2.24, 2.45) is 11.7 Å². The molecule has 0 aliphatic heterocycles. The van der Waals surface area contributed by atoms with E-state index < -0.39 is 0 Å². The molecule has 0 aliphatic carbocycles. The minimum Gasteiger partial charge on any atom is -0.325 e. The second-order valence-corrected chi connectivity index (χ2v) is 5.37. The van der Waals surface area contributed by atoms with E-state index in [0.717, 1.165) is 18.5 Å². The zero-order valence-electron chi connectivity index (χ0n) is 11.2. The van der Waals surface area contributed by atoms with Gasteiger partial charge in [-0.2, -0.15) is 5.10 Å². The molecule has 0 amide bonds. The van der Waals surface area contributed by atoms with Gasteiger partial charge < -0.3 is 5.73 Å². The molecule has 0 aliphatic rings. The van der Waals surface area contributed by atoms with Gasteiger partial charge in [0.15, 0.2) is 0 Å². The molecule has 0 saturated heterocycles. The van der Waals surface area contributed by atoms with E-state index >= 15 is 0 Å². The first-order chi connectivity index (χ1) is 7.36. The third-order valence-corrected chi connectivity index (χ3v) is 3.49. The zero-order chi connectivity index (χ0) is 12.3. The summed E-state index contributed by atoms with van der Waals surface area (Å²) in [5, 5.41) is 4.55. The van der Waals surface area contributed by atoms with Gasteiger partial charge in [-0.05, 0) is 32.8 Å². The Morgan fingerprint density at radius 3 is 2.50 bits per heavy atom. The van der Waals surface area contributed by atoms with Gasteiger partial charge in [-0.1, -0.05) is 20.3 Å². The predicted octanol–water partition coefficient (Wildman–Crippen LogP) is 2.77. The Bertz CT molecular complexity index is 326. The molecule has 16 heavy (non-hydrogen) atoms. The molecule has 1 heterocycles. The van der Waals surface area contributed by atoms with E-state index in [1.807, 2.05) is 10.9 Å². The number of rotatable bonds is 5. The number of hydrogen-bond acceptors (Lipinski definition) is 2. The number of nitrogens with two attached hydrogens (primary N) is 1. The van der Waals surface area contributed by atoms with Crippen molar-refractivity contribution in [1.82, 2.24) is 9.78 Å². The molecule has 0 bridgehead atoms. The fourth-order valence-corrected chi connectivity index (χ4v) is 1.79. The maximum Gasteiger partial charge on any atom is 0.0643 e. The lowest BCUT2D eigenvalue weighted by Gasteiger charge is -2.30. The lowest BCUT2D eigenvalue weighted by Crippen LogP contribution is -2.45. The van der Waals surface area contributed by atoms with Crippen LogP contribution in [-0.2, 0) is 6.42 Å². The summed E-state index contributed by atoms with van der Waals surface area (Å²) in [6.07, 6.45) is 3.99. The first kappa shape index (κ1) is 13.2. The first-order valence-electron chi connectivity index (χ1n) is 6.19. The van der Waals surface area contributed by atoms with Crippen molar-refractivity contribution in [3.05, 3.63) is 18.0 Å². The average molecular weight is 223 g/mol. The van der Waals surface area contributed by atoms with Gasteiger partial charge >= 0.3 is 0 Å². The van der Waals surface area contributed by atoms with Gasteiger partial charge in [-0.3, -0.25) is 4.68 Å². The van der Waals surface area contributed by atoms with Crippen LogP contribution in [0.3, 0.4) is 0 Å². The van der Waals surface area contributed by atoms with Crippen LogP contribution >= 0.6 is 0 Å². The van der Waals surface area contributed by atoms with Gasteiger partial charge in [-0.15, -0.1) is 0 Å². The maximum atomic E-state index is 6.34. The molecule has 3 heteroatoms. The van der Waals surface area contributed by atoms with E-state index in [9.17, 15) is 0 Å². The summed E-state index contributed by atoms with van der Waals surface area (Å²) in [7, 11) is 0. The van der Waals surface area contributed by atoms with Crippen LogP contribution < -0.4 is 5.73 Å². The highest BCUT2D eigenvalue weighted by Gasteiger charge is 2.26. The molecule has 2 N–H and O–H groups in total. The van der Waals surface area contributed by atoms with Crippen molar-refractivity contribution in [2.75, 3.05) is 0 Å². The second-order valence-electron chi connectivity index (χ2n) is 5.37. The Morgan fingerprint density at radius 1 is 1.44 bits per heavy atom. The van der Waals surface area contributed by atoms with Crippen molar-refractivity contribution in [2.45, 2.75) is 59.0 Å². The summed E-state index contributed by atoms with van der Waals surface area (Å²) < 4.78 is 1.99. The Labute approximate surface area is 99.0 Å². The Kier molecular flexibility index (Phi) is 4.14. The smallest absolute Gasteiger partial charge is 0.0643 e. The van der Waals surface area contributed by atoms with Crippen LogP contribution in [0, 0.1) is 5.92 Å². The predicted molar refractivity (Wildman–Crippen MR) is 68.4 cm³/mol. The molecule has 3 nitrogen and oxygen atoms in total. The third-order valence-electron chi connectivity index (χ3n) is 3.49. The number of aromatic nitrogens is 2. The van der Waals surface area contributed by atoms with Gasteiger partial charge in [-0.25, -0.2) is 0 Å². The van der Waals surface area contributed by atoms with Gasteiger partial charge in [0.05, 0.1) is 5.69 Å². The van der Waals surface area contributed by atoms with Gasteiger partial charge in [0.1, 0.15) is 0 Å². The van der Waals surface area contributed by atoms with Crippen LogP contribution in [0.5, 0.6) is 0 Å². The summed E-state index contributed by atoms with van der Waals surface area (Å²) in [4.78, 5) is 0. The molecule has 1 aromatic heterocycles. The minimum absolute atomic E-state index is 0.162. The molecule has 0 radical (unpaired) electrons. The average Bonchev–Trinajstić information content (AvgIpc) is 2.64. The van der Waals surface area contributed by atoms with E-state index in [1.165, 1.54) is 0 Å². The van der Waals surface area contributed by atoms with Crippen LogP contribution in [0.15, 0.2) is 12.3 Å². The standard InChI is InChI=1S/C13H25N3/c1-6-11(4)13(5,14)9-12-7-8-16(15-12)10(2)3/h7-8,10-11H,6,9,14H2,1-5H3. The molecule has 92 valence electrons. The highest BCUT2D eigenvalue weighted by Crippen LogP contribution is 2.21. The van der Waals surface area contributed by atoms with Crippen LogP contribution in [-0.4, -0.2) is 15.3 Å². The topological polar surface area (TPSA) is 43.8 Å². The van der Waals surface area contributed by atoms with E-state index in [1.54, 1.807) is 0 Å². The number of hydrogen-bond donors (Lipinski definition) is 1. The largest absolute Gasteiger partial charge is 0.325 e. The summed E-state index contributed by atoms with van der Waals surface area (Å²) in [6.45, 7) is 10.8. The highest BCUT2D eigenvalue weighted by atomic mass is 15.3. The normalized spacial score (nSPS) is 17.4. The summed E-state index contributed by atoms with van der Waals surface area (Å²) in [6, 6.07) is 2.49. The van der Waals surface area contributed by atoms with Gasteiger partial charge in [0.25, 0.3) is 0 Å². The van der Waals surface area contributed by atoms with E-state index in [0.29, 0.717) is 12.0 Å². The van der Waals surface area contributed by atoms with Crippen molar-refractivity contribution >= 4 is 0 Å². The lowest BCUT2D eigenvalue weighted by molar-refractivity contribution is 0.303. The van der Waals surface area contributed by atoms with Crippen molar-refractivity contribution in [1.29, 1.82) is 0 Å². The SMILES string of the molecule is CCC(C)C(C)(N)Cc1ccn(C(C)C)n1. The third kappa shape index (κ3) is 3.08. The van der Waals surface area contributed by atoms with Crippen molar-refractivity contribution < 1.29 is 0 Å². The van der Waals surface area contributed by atoms with Crippen LogP contribution in [0.2, 0.25) is 0 Å². The molecule has 0 fully saturated rings. The molecule has 2 unspecified atom stereocenters. The molecule has 0 aromatic carbocycles. The first-order valence-corrected chi connectivity index (χ1v) is 6.19. The monoisotopic (exact) mass is 223 g/mol. The second kappa shape index (κ2) is 5.00. The molecular formula is C13H25N3. The summed E-state index contributed by atoms with van der Waals surface area (Å²) >= 11 is 0. The fourth-order valence-electron chi connectivity index (χ4n) is 1.79. The lowest BCUT2D eigenvalue weighted by atomic mass is 9.82. The van der Waals surface area contributed by atoms with Gasteiger partial charge in [0, 0.05) is 24.2 Å². The summed E-state index contributed by atoms with van der Waals surface area (Å²) in [5.41, 5.74) is 7.27. The maximum absolute atomic E-state index is 6.34. The van der Waals surface area contributed by atoms with E-state index in [4.69, 9.17) is 5.73 Å². The molecule has 0 spiro atoms. The summed E-state index contributed by atoms with van der Waals surface area (Å²) in [5.74, 6) is 0.511. The van der Waals surface area contributed by atoms with E-state index in [-0.39, 0.29) is 5.54 Å². The molecule has 1 aromatic rings. The molecule has 1 rings (SSSR count). The highest BCUT2D eigenvalue weighted by molar-refractivity contribution is 5.06. The van der Waals surface area contributed by atoms with Crippen molar-refractivity contribution in [3.8, 4) is 0 Å². The quantitative estimate of drug-likeness (QED) is 0.834. The molecule has 2 atom stereocenters. The Balaban J connectivity index is 2.72. The van der Waals surface area contributed by atoms with E-state index in [2.05, 4.69) is 45.8 Å². The van der Waals surface area contributed by atoms with Gasteiger partial charge in [0.2, 0.25) is 0 Å². The Hall–Kier alpha value is -0.830.